The maximum atomic E-state index is 12.8. The summed E-state index contributed by atoms with van der Waals surface area (Å²) < 4.78 is 43.4. The molecule has 168 valence electrons. The normalized spacial score (nSPS) is 12.1. The van der Waals surface area contributed by atoms with Gasteiger partial charge in [-0.05, 0) is 60.7 Å². The molecule has 0 aliphatic heterocycles. The van der Waals surface area contributed by atoms with Crippen LogP contribution in [0.25, 0.3) is 11.1 Å². The number of alkyl halides is 3. The summed E-state index contributed by atoms with van der Waals surface area (Å²) in [5.74, 6) is -1.31. The lowest BCUT2D eigenvalue weighted by atomic mass is 10.1. The maximum Gasteiger partial charge on any atom is 0.417 e. The predicted octanol–water partition coefficient (Wildman–Crippen LogP) is 5.32. The first-order valence-electron chi connectivity index (χ1n) is 9.40. The van der Waals surface area contributed by atoms with Gasteiger partial charge < -0.3 is 9.73 Å². The fourth-order valence-corrected chi connectivity index (χ4v) is 3.01. The summed E-state index contributed by atoms with van der Waals surface area (Å²) in [5.41, 5.74) is 0.782. The first-order chi connectivity index (χ1) is 15.7. The van der Waals surface area contributed by atoms with Crippen LogP contribution in [0.15, 0.2) is 80.9 Å². The third kappa shape index (κ3) is 5.42. The van der Waals surface area contributed by atoms with Crippen LogP contribution in [0, 0.1) is 0 Å². The number of anilines is 1. The average Bonchev–Trinajstić information content (AvgIpc) is 3.14. The number of H-pyrrole nitrogens is 1. The van der Waals surface area contributed by atoms with Gasteiger partial charge in [0.1, 0.15) is 0 Å². The van der Waals surface area contributed by atoms with Gasteiger partial charge in [0.05, 0.1) is 16.8 Å². The molecule has 0 radical (unpaired) electrons. The number of rotatable bonds is 3. The fourth-order valence-electron chi connectivity index (χ4n) is 2.88. The summed E-state index contributed by atoms with van der Waals surface area (Å²) in [5, 5.41) is 5.94. The summed E-state index contributed by atoms with van der Waals surface area (Å²) in [4.78, 5) is 30.9. The Morgan fingerprint density at radius 3 is 2.36 bits per heavy atom. The molecule has 3 N–H and O–H groups in total. The van der Waals surface area contributed by atoms with Crippen molar-refractivity contribution in [3.8, 4) is 0 Å². The topological polar surface area (TPSA) is 99.5 Å². The van der Waals surface area contributed by atoms with E-state index in [0.717, 1.165) is 24.3 Å². The minimum absolute atomic E-state index is 0.000638. The van der Waals surface area contributed by atoms with E-state index in [-0.39, 0.29) is 17.1 Å². The molecule has 1 heterocycles. The molecule has 0 unspecified atom stereocenters. The van der Waals surface area contributed by atoms with Crippen molar-refractivity contribution in [3.63, 3.8) is 0 Å². The molecule has 0 atom stereocenters. The van der Waals surface area contributed by atoms with E-state index in [1.807, 2.05) is 0 Å². The number of aromatic nitrogens is 1. The number of amides is 1. The summed E-state index contributed by atoms with van der Waals surface area (Å²) in [6, 6.07) is 15.0. The lowest BCUT2D eigenvalue weighted by Crippen LogP contribution is -2.35. The van der Waals surface area contributed by atoms with Crippen molar-refractivity contribution in [3.05, 3.63) is 93.4 Å². The van der Waals surface area contributed by atoms with Crippen LogP contribution in [0.4, 0.5) is 24.5 Å². The van der Waals surface area contributed by atoms with E-state index in [1.165, 1.54) is 6.07 Å². The standard InChI is InChI=1S/C22H14ClF3N4O3/c23-14-5-7-15(8-6-14)27-20(28-16-9-10-17-18(11-16)33-21(32)29-17)30-19(31)12-1-3-13(4-2-12)22(24,25)26/h1-11H,(H,29,32)(H2,27,28,30,31). The van der Waals surface area contributed by atoms with Gasteiger partial charge in [-0.1, -0.05) is 11.6 Å². The highest BCUT2D eigenvalue weighted by Crippen LogP contribution is 2.29. The van der Waals surface area contributed by atoms with Crippen LogP contribution in [-0.2, 0) is 6.18 Å². The number of aliphatic imine (C=N–C) groups is 1. The Bertz CT molecular complexity index is 1390. The van der Waals surface area contributed by atoms with E-state index in [2.05, 4.69) is 20.6 Å². The molecule has 0 bridgehead atoms. The van der Waals surface area contributed by atoms with Crippen LogP contribution in [0.2, 0.25) is 5.02 Å². The molecule has 0 saturated carbocycles. The zero-order chi connectivity index (χ0) is 23.6. The molecule has 0 saturated heterocycles. The number of benzene rings is 3. The van der Waals surface area contributed by atoms with Gasteiger partial charge in [0.2, 0.25) is 5.96 Å². The quantitative estimate of drug-likeness (QED) is 0.276. The fraction of sp³-hybridized carbons (Fsp3) is 0.0455. The molecule has 7 nitrogen and oxygen atoms in total. The Kier molecular flexibility index (Phi) is 5.93. The highest BCUT2D eigenvalue weighted by Gasteiger charge is 2.30. The molecule has 0 aliphatic rings. The monoisotopic (exact) mass is 474 g/mol. The van der Waals surface area contributed by atoms with Gasteiger partial charge in [0, 0.05) is 22.3 Å². The van der Waals surface area contributed by atoms with Crippen molar-refractivity contribution in [2.45, 2.75) is 6.18 Å². The number of fused-ring (bicyclic) bond motifs is 1. The molecule has 4 rings (SSSR count). The van der Waals surface area contributed by atoms with E-state index in [0.29, 0.717) is 21.9 Å². The van der Waals surface area contributed by atoms with Crippen molar-refractivity contribution in [1.82, 2.24) is 10.3 Å². The third-order valence-corrected chi connectivity index (χ3v) is 4.71. The van der Waals surface area contributed by atoms with Crippen molar-refractivity contribution < 1.29 is 22.4 Å². The van der Waals surface area contributed by atoms with E-state index < -0.39 is 23.4 Å². The minimum Gasteiger partial charge on any atom is -0.408 e. The summed E-state index contributed by atoms with van der Waals surface area (Å²) in [7, 11) is 0. The van der Waals surface area contributed by atoms with Gasteiger partial charge in [-0.3, -0.25) is 15.1 Å². The first kappa shape index (κ1) is 22.2. The second-order valence-corrected chi connectivity index (χ2v) is 7.25. The maximum absolute atomic E-state index is 12.8. The minimum atomic E-state index is -4.51. The van der Waals surface area contributed by atoms with Gasteiger partial charge in [-0.2, -0.15) is 13.2 Å². The predicted molar refractivity (Wildman–Crippen MR) is 118 cm³/mol. The largest absolute Gasteiger partial charge is 0.417 e. The number of hydrogen-bond donors (Lipinski definition) is 3. The molecule has 33 heavy (non-hydrogen) atoms. The van der Waals surface area contributed by atoms with E-state index >= 15 is 0 Å². The van der Waals surface area contributed by atoms with Gasteiger partial charge in [0.15, 0.2) is 5.58 Å². The van der Waals surface area contributed by atoms with E-state index in [1.54, 1.807) is 36.4 Å². The number of halogens is 4. The molecule has 0 spiro atoms. The number of guanidine groups is 1. The van der Waals surface area contributed by atoms with Crippen molar-refractivity contribution >= 4 is 45.9 Å². The lowest BCUT2D eigenvalue weighted by Gasteiger charge is -2.12. The van der Waals surface area contributed by atoms with Crippen LogP contribution in [-0.4, -0.2) is 16.9 Å². The van der Waals surface area contributed by atoms with Gasteiger partial charge in [-0.25, -0.2) is 9.79 Å². The van der Waals surface area contributed by atoms with Crippen molar-refractivity contribution in [2.75, 3.05) is 5.32 Å². The molecule has 11 heteroatoms. The second-order valence-electron chi connectivity index (χ2n) is 6.82. The molecular weight excluding hydrogens is 461 g/mol. The Morgan fingerprint density at radius 1 is 1.00 bits per heavy atom. The number of carbonyl (C=O) groups is 1. The number of carbonyl (C=O) groups excluding carboxylic acids is 1. The van der Waals surface area contributed by atoms with Crippen molar-refractivity contribution in [1.29, 1.82) is 0 Å². The number of oxazole rings is 1. The van der Waals surface area contributed by atoms with Crippen LogP contribution in [0.1, 0.15) is 15.9 Å². The molecule has 4 aromatic rings. The first-order valence-corrected chi connectivity index (χ1v) is 9.78. The van der Waals surface area contributed by atoms with Crippen LogP contribution < -0.4 is 16.4 Å². The molecule has 1 amide bonds. The lowest BCUT2D eigenvalue weighted by molar-refractivity contribution is -0.137. The van der Waals surface area contributed by atoms with Crippen LogP contribution in [0.3, 0.4) is 0 Å². The summed E-state index contributed by atoms with van der Waals surface area (Å²) in [6.07, 6.45) is -4.51. The SMILES string of the molecule is O=C(NC(=Nc1ccc(Cl)cc1)Nc1ccc2[nH]c(=O)oc2c1)c1ccc(C(F)(F)F)cc1. The zero-order valence-electron chi connectivity index (χ0n) is 16.5. The highest BCUT2D eigenvalue weighted by atomic mass is 35.5. The van der Waals surface area contributed by atoms with Crippen LogP contribution >= 0.6 is 11.6 Å². The van der Waals surface area contributed by atoms with Crippen LogP contribution in [0.5, 0.6) is 0 Å². The molecule has 0 aliphatic carbocycles. The Balaban J connectivity index is 1.62. The van der Waals surface area contributed by atoms with Gasteiger partial charge in [0.25, 0.3) is 5.91 Å². The molecule has 0 fully saturated rings. The van der Waals surface area contributed by atoms with Crippen molar-refractivity contribution in [2.24, 2.45) is 4.99 Å². The summed E-state index contributed by atoms with van der Waals surface area (Å²) >= 11 is 5.89. The van der Waals surface area contributed by atoms with E-state index in [9.17, 15) is 22.8 Å². The smallest absolute Gasteiger partial charge is 0.408 e. The Morgan fingerprint density at radius 2 is 1.70 bits per heavy atom. The number of aromatic amines is 1. The molecule has 3 aromatic carbocycles. The zero-order valence-corrected chi connectivity index (χ0v) is 17.3. The summed E-state index contributed by atoms with van der Waals surface area (Å²) in [6.45, 7) is 0. The Hall–Kier alpha value is -4.05. The second kappa shape index (κ2) is 8.83. The van der Waals surface area contributed by atoms with E-state index in [4.69, 9.17) is 16.0 Å². The van der Waals surface area contributed by atoms with Gasteiger partial charge >= 0.3 is 11.9 Å². The highest BCUT2D eigenvalue weighted by molar-refractivity contribution is 6.30. The van der Waals surface area contributed by atoms with Gasteiger partial charge in [-0.15, -0.1) is 0 Å². The number of nitrogens with zero attached hydrogens (tertiary/aromatic N) is 1. The molecular formula is C22H14ClF3N4O3. The average molecular weight is 475 g/mol. The number of hydrogen-bond acceptors (Lipinski definition) is 4. The Labute approximate surface area is 188 Å². The number of nitrogens with one attached hydrogen (secondary N) is 3. The third-order valence-electron chi connectivity index (χ3n) is 4.46. The molecule has 1 aromatic heterocycles.